The summed E-state index contributed by atoms with van der Waals surface area (Å²) >= 11 is 0. The van der Waals surface area contributed by atoms with E-state index in [1.54, 1.807) is 0 Å². The Morgan fingerprint density at radius 1 is 1.25 bits per heavy atom. The predicted octanol–water partition coefficient (Wildman–Crippen LogP) is 3.26. The van der Waals surface area contributed by atoms with Crippen molar-refractivity contribution in [3.63, 3.8) is 0 Å². The van der Waals surface area contributed by atoms with E-state index in [0.29, 0.717) is 0 Å². The van der Waals surface area contributed by atoms with E-state index in [1.165, 1.54) is 22.4 Å². The van der Waals surface area contributed by atoms with E-state index in [4.69, 9.17) is 0 Å². The van der Waals surface area contributed by atoms with Crippen LogP contribution in [0.3, 0.4) is 0 Å². The second kappa shape index (κ2) is 3.18. The fraction of sp³-hybridized carbons (Fsp3) is 0.267. The first-order valence-corrected chi connectivity index (χ1v) is 5.72. The molecule has 1 unspecified atom stereocenters. The summed E-state index contributed by atoms with van der Waals surface area (Å²) in [4.78, 5) is 4.47. The summed E-state index contributed by atoms with van der Waals surface area (Å²) < 4.78 is 0. The third-order valence-electron chi connectivity index (χ3n) is 3.77. The van der Waals surface area contributed by atoms with Crippen LogP contribution in [0.4, 0.5) is 0 Å². The minimum atomic E-state index is 0.139. The van der Waals surface area contributed by atoms with Crippen LogP contribution in [0.2, 0.25) is 0 Å². The van der Waals surface area contributed by atoms with Crippen LogP contribution in [0.25, 0.3) is 0 Å². The first-order chi connectivity index (χ1) is 7.77. The molecule has 16 heavy (non-hydrogen) atoms. The summed E-state index contributed by atoms with van der Waals surface area (Å²) in [6.45, 7) is 2.32. The van der Waals surface area contributed by atoms with Gasteiger partial charge in [0.05, 0.1) is 5.71 Å². The number of fused-ring (bicyclic) bond motifs is 3. The van der Waals surface area contributed by atoms with Gasteiger partial charge in [-0.15, -0.1) is 0 Å². The van der Waals surface area contributed by atoms with E-state index in [-0.39, 0.29) is 5.41 Å². The largest absolute Gasteiger partial charge is 0.288 e. The number of nitrogens with zero attached hydrogens (tertiary/aromatic N) is 1. The Kier molecular flexibility index (Phi) is 1.90. The lowest BCUT2D eigenvalue weighted by molar-refractivity contribution is 0.593. The lowest BCUT2D eigenvalue weighted by Gasteiger charge is -2.27. The molecule has 2 aliphatic rings. The number of aliphatic imine (C=N–C) groups is 1. The van der Waals surface area contributed by atoms with Gasteiger partial charge in [0.2, 0.25) is 0 Å². The summed E-state index contributed by atoms with van der Waals surface area (Å²) in [5.74, 6) is 0. The minimum absolute atomic E-state index is 0.139. The van der Waals surface area contributed by atoms with Gasteiger partial charge >= 0.3 is 0 Å². The molecule has 1 aromatic carbocycles. The molecule has 0 saturated heterocycles. The average Bonchev–Trinajstić information content (AvgIpc) is 2.58. The molecule has 0 aliphatic heterocycles. The van der Waals surface area contributed by atoms with Crippen molar-refractivity contribution in [2.45, 2.75) is 18.8 Å². The highest BCUT2D eigenvalue weighted by Gasteiger charge is 2.42. The molecule has 0 radical (unpaired) electrons. The van der Waals surface area contributed by atoms with Gasteiger partial charge in [0.25, 0.3) is 0 Å². The monoisotopic (exact) mass is 209 g/mol. The molecule has 2 aliphatic carbocycles. The Bertz CT molecular complexity index is 534. The van der Waals surface area contributed by atoms with Gasteiger partial charge in [-0.1, -0.05) is 49.4 Å². The summed E-state index contributed by atoms with van der Waals surface area (Å²) in [6.07, 6.45) is 7.69. The van der Waals surface area contributed by atoms with Gasteiger partial charge in [-0.2, -0.15) is 0 Å². The van der Waals surface area contributed by atoms with Crippen molar-refractivity contribution in [1.29, 1.82) is 0 Å². The fourth-order valence-electron chi connectivity index (χ4n) is 2.91. The lowest BCUT2D eigenvalue weighted by Crippen LogP contribution is -2.22. The summed E-state index contributed by atoms with van der Waals surface area (Å²) in [5, 5.41) is 0. The van der Waals surface area contributed by atoms with Crippen molar-refractivity contribution >= 4 is 5.71 Å². The first-order valence-electron chi connectivity index (χ1n) is 5.72. The van der Waals surface area contributed by atoms with Crippen LogP contribution < -0.4 is 0 Å². The van der Waals surface area contributed by atoms with E-state index in [9.17, 15) is 0 Å². The summed E-state index contributed by atoms with van der Waals surface area (Å²) in [5.41, 5.74) is 5.41. The number of allylic oxidation sites excluding steroid dienone is 4. The second-order valence-electron chi connectivity index (χ2n) is 4.66. The van der Waals surface area contributed by atoms with Crippen molar-refractivity contribution in [3.8, 4) is 0 Å². The molecule has 0 bridgehead atoms. The maximum Gasteiger partial charge on any atom is 0.0687 e. The topological polar surface area (TPSA) is 12.4 Å². The van der Waals surface area contributed by atoms with Crippen LogP contribution in [-0.4, -0.2) is 12.8 Å². The van der Waals surface area contributed by atoms with Crippen LogP contribution in [0.5, 0.6) is 0 Å². The van der Waals surface area contributed by atoms with Crippen molar-refractivity contribution in [3.05, 3.63) is 59.2 Å². The van der Waals surface area contributed by atoms with Crippen molar-refractivity contribution in [1.82, 2.24) is 0 Å². The predicted molar refractivity (Wildman–Crippen MR) is 68.1 cm³/mol. The van der Waals surface area contributed by atoms with Crippen LogP contribution in [-0.2, 0) is 5.41 Å². The van der Waals surface area contributed by atoms with Gasteiger partial charge in [0.15, 0.2) is 0 Å². The molecule has 0 heterocycles. The van der Waals surface area contributed by atoms with E-state index in [0.717, 1.165) is 6.42 Å². The van der Waals surface area contributed by atoms with Crippen LogP contribution in [0.1, 0.15) is 24.5 Å². The van der Waals surface area contributed by atoms with Crippen LogP contribution in [0, 0.1) is 0 Å². The average molecular weight is 209 g/mol. The molecule has 0 amide bonds. The fourth-order valence-corrected chi connectivity index (χ4v) is 2.91. The Morgan fingerprint density at radius 2 is 2.06 bits per heavy atom. The molecule has 3 rings (SSSR count). The maximum atomic E-state index is 4.47. The lowest BCUT2D eigenvalue weighted by atomic mass is 9.75. The van der Waals surface area contributed by atoms with Gasteiger partial charge in [-0.25, -0.2) is 0 Å². The van der Waals surface area contributed by atoms with E-state index < -0.39 is 0 Å². The number of hydrogen-bond acceptors (Lipinski definition) is 1. The van der Waals surface area contributed by atoms with Gasteiger partial charge < -0.3 is 0 Å². The Morgan fingerprint density at radius 3 is 2.88 bits per heavy atom. The maximum absolute atomic E-state index is 4.47. The third kappa shape index (κ3) is 1.03. The van der Waals surface area contributed by atoms with Gasteiger partial charge in [0, 0.05) is 18.0 Å². The highest BCUT2D eigenvalue weighted by Crippen LogP contribution is 2.47. The van der Waals surface area contributed by atoms with Crippen molar-refractivity contribution in [2.24, 2.45) is 4.99 Å². The van der Waals surface area contributed by atoms with E-state index >= 15 is 0 Å². The normalized spacial score (nSPS) is 28.9. The van der Waals surface area contributed by atoms with E-state index in [2.05, 4.69) is 54.4 Å². The highest BCUT2D eigenvalue weighted by molar-refractivity contribution is 6.19. The van der Waals surface area contributed by atoms with Gasteiger partial charge in [0.1, 0.15) is 0 Å². The first kappa shape index (κ1) is 9.59. The number of rotatable bonds is 0. The molecular formula is C15H15N. The van der Waals surface area contributed by atoms with Crippen molar-refractivity contribution < 1.29 is 0 Å². The molecule has 0 fully saturated rings. The zero-order valence-corrected chi connectivity index (χ0v) is 9.70. The van der Waals surface area contributed by atoms with E-state index in [1.807, 2.05) is 7.05 Å². The SMILES string of the molecule is CN=C1C2=CC=CCC2(C)c2ccccc21. The Labute approximate surface area is 96.2 Å². The Hall–Kier alpha value is -1.63. The second-order valence-corrected chi connectivity index (χ2v) is 4.66. The molecule has 1 nitrogen and oxygen atoms in total. The number of benzene rings is 1. The zero-order chi connectivity index (χ0) is 11.2. The smallest absolute Gasteiger partial charge is 0.0687 e. The van der Waals surface area contributed by atoms with Crippen LogP contribution in [0.15, 0.2) is 53.1 Å². The molecule has 0 N–H and O–H groups in total. The zero-order valence-electron chi connectivity index (χ0n) is 9.70. The minimum Gasteiger partial charge on any atom is -0.288 e. The third-order valence-corrected chi connectivity index (χ3v) is 3.77. The quantitative estimate of drug-likeness (QED) is 0.622. The number of hydrogen-bond donors (Lipinski definition) is 0. The van der Waals surface area contributed by atoms with Gasteiger partial charge in [-0.05, 0) is 17.6 Å². The van der Waals surface area contributed by atoms with Crippen molar-refractivity contribution in [2.75, 3.05) is 7.05 Å². The molecule has 80 valence electrons. The summed E-state index contributed by atoms with van der Waals surface area (Å²) in [7, 11) is 1.89. The molecular weight excluding hydrogens is 194 g/mol. The molecule has 0 saturated carbocycles. The molecule has 1 aromatic rings. The Balaban J connectivity index is 2.34. The molecule has 0 spiro atoms. The highest BCUT2D eigenvalue weighted by atomic mass is 14.7. The van der Waals surface area contributed by atoms with Gasteiger partial charge in [-0.3, -0.25) is 4.99 Å². The molecule has 0 aromatic heterocycles. The molecule has 1 atom stereocenters. The van der Waals surface area contributed by atoms with Crippen LogP contribution >= 0.6 is 0 Å². The summed E-state index contributed by atoms with van der Waals surface area (Å²) in [6, 6.07) is 8.64. The standard InChI is InChI=1S/C15H15N/c1-15-10-6-5-9-13(15)14(16-2)11-7-3-4-8-12(11)15/h3-9H,10H2,1-2H3. The molecule has 1 heteroatoms.